The summed E-state index contributed by atoms with van der Waals surface area (Å²) in [6.45, 7) is -0.239. The van der Waals surface area contributed by atoms with E-state index in [1.54, 1.807) is 6.20 Å². The summed E-state index contributed by atoms with van der Waals surface area (Å²) >= 11 is 0. The predicted octanol–water partition coefficient (Wildman–Crippen LogP) is 2.48. The van der Waals surface area contributed by atoms with Crippen molar-refractivity contribution in [3.8, 4) is 0 Å². The molecule has 0 saturated carbocycles. The van der Waals surface area contributed by atoms with Crippen LogP contribution in [0.15, 0.2) is 24.4 Å². The Morgan fingerprint density at radius 2 is 2.15 bits per heavy atom. The van der Waals surface area contributed by atoms with E-state index in [1.807, 2.05) is 18.2 Å². The van der Waals surface area contributed by atoms with Crippen molar-refractivity contribution in [2.24, 2.45) is 0 Å². The van der Waals surface area contributed by atoms with Crippen molar-refractivity contribution < 1.29 is 32.5 Å². The van der Waals surface area contributed by atoms with E-state index >= 15 is 0 Å². The zero-order valence-electron chi connectivity index (χ0n) is 14.1. The molecule has 2 aliphatic rings. The Morgan fingerprint density at radius 1 is 1.42 bits per heavy atom. The number of hydrogen-bond donors (Lipinski definition) is 1. The molecule has 1 amide bonds. The van der Waals surface area contributed by atoms with E-state index in [0.717, 1.165) is 12.1 Å². The average molecular weight is 374 g/mol. The molecule has 26 heavy (non-hydrogen) atoms. The standard InChI is InChI=1S/C17H21F3N2O4/c18-17(19,20)14(10-23)26-15(24)22-7-4-16(5-8-22)9-12(11-25-16)13-3-1-2-6-21-13/h1-3,6,12,14,23H,4-5,7-11H2/t12?,14-/m1/s1. The molecular formula is C17H21F3N2O4. The third kappa shape index (κ3) is 4.09. The van der Waals surface area contributed by atoms with Crippen molar-refractivity contribution >= 4 is 6.09 Å². The minimum Gasteiger partial charge on any atom is -0.434 e. The highest BCUT2D eigenvalue weighted by Gasteiger charge is 2.46. The Kier molecular flexibility index (Phi) is 5.38. The van der Waals surface area contributed by atoms with Gasteiger partial charge in [0.1, 0.15) is 0 Å². The largest absolute Gasteiger partial charge is 0.434 e. The summed E-state index contributed by atoms with van der Waals surface area (Å²) in [6.07, 6.45) is -4.78. The van der Waals surface area contributed by atoms with Crippen molar-refractivity contribution in [2.75, 3.05) is 26.3 Å². The maximum atomic E-state index is 12.6. The number of aliphatic hydroxyl groups is 1. The fourth-order valence-corrected chi connectivity index (χ4v) is 3.50. The van der Waals surface area contributed by atoms with Gasteiger partial charge in [0, 0.05) is 30.9 Å². The Labute approximate surface area is 148 Å². The predicted molar refractivity (Wildman–Crippen MR) is 84.5 cm³/mol. The molecule has 3 rings (SSSR count). The third-order valence-electron chi connectivity index (χ3n) is 5.02. The molecule has 0 aromatic carbocycles. The minimum absolute atomic E-state index is 0.179. The second kappa shape index (κ2) is 7.40. The number of ether oxygens (including phenoxy) is 2. The van der Waals surface area contributed by atoms with Crippen molar-refractivity contribution in [1.29, 1.82) is 0 Å². The Bertz CT molecular complexity index is 618. The highest BCUT2D eigenvalue weighted by molar-refractivity contribution is 5.68. The van der Waals surface area contributed by atoms with Gasteiger partial charge in [-0.05, 0) is 31.4 Å². The van der Waals surface area contributed by atoms with E-state index < -0.39 is 25.0 Å². The minimum atomic E-state index is -4.79. The van der Waals surface area contributed by atoms with Gasteiger partial charge in [-0.25, -0.2) is 4.79 Å². The lowest BCUT2D eigenvalue weighted by Crippen LogP contribution is -2.48. The fraction of sp³-hybridized carbons (Fsp3) is 0.647. The van der Waals surface area contributed by atoms with Gasteiger partial charge in [0.2, 0.25) is 6.10 Å². The van der Waals surface area contributed by atoms with Crippen LogP contribution < -0.4 is 0 Å². The van der Waals surface area contributed by atoms with Gasteiger partial charge >= 0.3 is 12.3 Å². The molecule has 144 valence electrons. The molecule has 2 atom stereocenters. The Morgan fingerprint density at radius 3 is 2.73 bits per heavy atom. The number of pyridine rings is 1. The lowest BCUT2D eigenvalue weighted by atomic mass is 9.84. The monoisotopic (exact) mass is 374 g/mol. The van der Waals surface area contributed by atoms with Crippen LogP contribution in [0.25, 0.3) is 0 Å². The van der Waals surface area contributed by atoms with E-state index in [0.29, 0.717) is 19.4 Å². The quantitative estimate of drug-likeness (QED) is 0.880. The first kappa shape index (κ1) is 18.9. The third-order valence-corrected chi connectivity index (χ3v) is 5.02. The number of nitrogens with zero attached hydrogens (tertiary/aromatic N) is 2. The molecular weight excluding hydrogens is 353 g/mol. The molecule has 0 radical (unpaired) electrons. The Hall–Kier alpha value is -1.87. The van der Waals surface area contributed by atoms with Crippen molar-refractivity contribution in [2.45, 2.75) is 43.1 Å². The van der Waals surface area contributed by atoms with E-state index in [1.165, 1.54) is 4.90 Å². The Balaban J connectivity index is 1.54. The first-order chi connectivity index (χ1) is 12.3. The number of piperidine rings is 1. The molecule has 2 aliphatic heterocycles. The molecule has 1 aromatic rings. The van der Waals surface area contributed by atoms with Gasteiger partial charge in [0.05, 0.1) is 18.8 Å². The maximum Gasteiger partial charge on any atom is 0.427 e. The van der Waals surface area contributed by atoms with Gasteiger partial charge in [0.25, 0.3) is 0 Å². The van der Waals surface area contributed by atoms with Crippen LogP contribution in [0.4, 0.5) is 18.0 Å². The van der Waals surface area contributed by atoms with Crippen LogP contribution in [-0.2, 0) is 9.47 Å². The first-order valence-electron chi connectivity index (χ1n) is 8.51. The van der Waals surface area contributed by atoms with Gasteiger partial charge < -0.3 is 19.5 Å². The van der Waals surface area contributed by atoms with Gasteiger partial charge in [-0.3, -0.25) is 4.98 Å². The molecule has 3 heterocycles. The van der Waals surface area contributed by atoms with Crippen LogP contribution in [0.2, 0.25) is 0 Å². The molecule has 1 N–H and O–H groups in total. The fourth-order valence-electron chi connectivity index (χ4n) is 3.50. The van der Waals surface area contributed by atoms with Crippen LogP contribution in [0, 0.1) is 0 Å². The van der Waals surface area contributed by atoms with Crippen LogP contribution in [0.1, 0.15) is 30.9 Å². The van der Waals surface area contributed by atoms with Gasteiger partial charge in [-0.1, -0.05) is 6.07 Å². The number of amides is 1. The summed E-state index contributed by atoms with van der Waals surface area (Å²) in [5.74, 6) is 0.179. The summed E-state index contributed by atoms with van der Waals surface area (Å²) in [6, 6.07) is 5.72. The number of aliphatic hydroxyl groups excluding tert-OH is 1. The maximum absolute atomic E-state index is 12.6. The average Bonchev–Trinajstić information content (AvgIpc) is 3.03. The smallest absolute Gasteiger partial charge is 0.427 e. The van der Waals surface area contributed by atoms with E-state index in [-0.39, 0.29) is 24.6 Å². The number of hydrogen-bond acceptors (Lipinski definition) is 5. The topological polar surface area (TPSA) is 71.9 Å². The molecule has 1 spiro atoms. The van der Waals surface area contributed by atoms with E-state index in [2.05, 4.69) is 9.72 Å². The van der Waals surface area contributed by atoms with Gasteiger partial charge in [-0.2, -0.15) is 13.2 Å². The van der Waals surface area contributed by atoms with Crippen molar-refractivity contribution in [3.63, 3.8) is 0 Å². The molecule has 6 nitrogen and oxygen atoms in total. The SMILES string of the molecule is O=C(O[C@H](CO)C(F)(F)F)N1CCC2(CC1)CC(c1ccccn1)CO2. The molecule has 9 heteroatoms. The van der Waals surface area contributed by atoms with Gasteiger partial charge in [-0.15, -0.1) is 0 Å². The number of aromatic nitrogens is 1. The van der Waals surface area contributed by atoms with Gasteiger partial charge in [0.15, 0.2) is 0 Å². The molecule has 0 bridgehead atoms. The zero-order valence-corrected chi connectivity index (χ0v) is 14.1. The summed E-state index contributed by atoms with van der Waals surface area (Å²) in [5, 5.41) is 8.77. The summed E-state index contributed by atoms with van der Waals surface area (Å²) in [4.78, 5) is 17.5. The van der Waals surface area contributed by atoms with Crippen molar-refractivity contribution in [1.82, 2.24) is 9.88 Å². The summed E-state index contributed by atoms with van der Waals surface area (Å²) in [5.41, 5.74) is 0.585. The summed E-state index contributed by atoms with van der Waals surface area (Å²) < 4.78 is 48.2. The lowest BCUT2D eigenvalue weighted by molar-refractivity contribution is -0.215. The highest BCUT2D eigenvalue weighted by atomic mass is 19.4. The number of alkyl halides is 3. The number of carbonyl (C=O) groups is 1. The van der Waals surface area contributed by atoms with Crippen LogP contribution in [0.3, 0.4) is 0 Å². The number of likely N-dealkylation sites (tertiary alicyclic amines) is 1. The van der Waals surface area contributed by atoms with Crippen LogP contribution in [0.5, 0.6) is 0 Å². The number of carbonyl (C=O) groups excluding carboxylic acids is 1. The van der Waals surface area contributed by atoms with Crippen molar-refractivity contribution in [3.05, 3.63) is 30.1 Å². The summed E-state index contributed by atoms with van der Waals surface area (Å²) in [7, 11) is 0. The molecule has 1 unspecified atom stereocenters. The van der Waals surface area contributed by atoms with E-state index in [9.17, 15) is 18.0 Å². The second-order valence-corrected chi connectivity index (χ2v) is 6.73. The number of halogens is 3. The molecule has 0 aliphatic carbocycles. The molecule has 2 saturated heterocycles. The number of rotatable bonds is 3. The normalized spacial score (nSPS) is 23.8. The molecule has 2 fully saturated rings. The van der Waals surface area contributed by atoms with E-state index in [4.69, 9.17) is 9.84 Å². The zero-order chi connectivity index (χ0) is 18.8. The first-order valence-corrected chi connectivity index (χ1v) is 8.51. The second-order valence-electron chi connectivity index (χ2n) is 6.73. The van der Waals surface area contributed by atoms with Crippen LogP contribution >= 0.6 is 0 Å². The van der Waals surface area contributed by atoms with Crippen LogP contribution in [-0.4, -0.2) is 65.3 Å². The highest BCUT2D eigenvalue weighted by Crippen LogP contribution is 2.42. The molecule has 1 aromatic heterocycles. The lowest BCUT2D eigenvalue weighted by Gasteiger charge is -2.38.